The van der Waals surface area contributed by atoms with Gasteiger partial charge in [0.25, 0.3) is 11.8 Å². The number of rotatable bonds is 2. The first kappa shape index (κ1) is 22.8. The predicted molar refractivity (Wildman–Crippen MR) is 135 cm³/mol. The molecule has 0 aliphatic carbocycles. The van der Waals surface area contributed by atoms with Crippen LogP contribution < -0.4 is 15.1 Å². The highest BCUT2D eigenvalue weighted by Gasteiger charge is 2.37. The van der Waals surface area contributed by atoms with Crippen LogP contribution >= 0.6 is 35.4 Å². The molecule has 8 heteroatoms. The molecule has 32 heavy (non-hydrogen) atoms. The lowest BCUT2D eigenvalue weighted by molar-refractivity contribution is -0.122. The van der Waals surface area contributed by atoms with Gasteiger partial charge in [0.05, 0.1) is 15.7 Å². The van der Waals surface area contributed by atoms with Crippen LogP contribution in [-0.4, -0.2) is 29.5 Å². The molecule has 5 nitrogen and oxygen atoms in total. The van der Waals surface area contributed by atoms with Crippen LogP contribution in [0.3, 0.4) is 0 Å². The molecule has 4 rings (SSSR count). The summed E-state index contributed by atoms with van der Waals surface area (Å²) in [6.07, 6.45) is 2.60. The van der Waals surface area contributed by atoms with Gasteiger partial charge in [-0.15, -0.1) is 0 Å². The molecule has 0 unspecified atom stereocenters. The Bertz CT molecular complexity index is 1190. The fraction of sp³-hybridized carbons (Fsp3) is 0.292. The number of benzene rings is 2. The van der Waals surface area contributed by atoms with E-state index in [-0.39, 0.29) is 26.3 Å². The minimum atomic E-state index is -0.549. The lowest BCUT2D eigenvalue weighted by atomic mass is 9.80. The van der Waals surface area contributed by atoms with Gasteiger partial charge in [0, 0.05) is 18.3 Å². The van der Waals surface area contributed by atoms with Gasteiger partial charge in [0.15, 0.2) is 5.11 Å². The van der Waals surface area contributed by atoms with Gasteiger partial charge in [-0.1, -0.05) is 42.3 Å². The second kappa shape index (κ2) is 8.18. The smallest absolute Gasteiger partial charge is 0.270 e. The van der Waals surface area contributed by atoms with Crippen LogP contribution in [0.2, 0.25) is 10.0 Å². The van der Waals surface area contributed by atoms with Crippen molar-refractivity contribution < 1.29 is 9.59 Å². The normalized spacial score (nSPS) is 21.6. The first-order valence-electron chi connectivity index (χ1n) is 10.2. The maximum Gasteiger partial charge on any atom is 0.270 e. The Morgan fingerprint density at radius 2 is 1.88 bits per heavy atom. The van der Waals surface area contributed by atoms with Gasteiger partial charge >= 0.3 is 0 Å². The number of halogens is 2. The van der Waals surface area contributed by atoms with Crippen LogP contribution in [-0.2, 0) is 9.59 Å². The summed E-state index contributed by atoms with van der Waals surface area (Å²) >= 11 is 17.7. The van der Waals surface area contributed by atoms with Gasteiger partial charge in [0.2, 0.25) is 0 Å². The van der Waals surface area contributed by atoms with Gasteiger partial charge in [-0.25, -0.2) is 0 Å². The molecule has 2 heterocycles. The van der Waals surface area contributed by atoms with Crippen LogP contribution in [0.1, 0.15) is 44.2 Å². The summed E-state index contributed by atoms with van der Waals surface area (Å²) in [5.41, 5.74) is 3.47. The van der Waals surface area contributed by atoms with Gasteiger partial charge in [-0.3, -0.25) is 19.8 Å². The summed E-state index contributed by atoms with van der Waals surface area (Å²) in [6.45, 7) is 6.65. The van der Waals surface area contributed by atoms with Gasteiger partial charge in [-0.05, 0) is 79.9 Å². The van der Waals surface area contributed by atoms with E-state index >= 15 is 0 Å². The first-order chi connectivity index (χ1) is 15.0. The number of hydrogen-bond acceptors (Lipinski definition) is 4. The summed E-state index contributed by atoms with van der Waals surface area (Å²) in [4.78, 5) is 29.4. The van der Waals surface area contributed by atoms with Crippen molar-refractivity contribution in [1.29, 1.82) is 0 Å². The molecule has 0 spiro atoms. The van der Waals surface area contributed by atoms with E-state index in [2.05, 4.69) is 38.0 Å². The number of carbonyl (C=O) groups is 2. The number of fused-ring (bicyclic) bond motifs is 1. The monoisotopic (exact) mass is 487 g/mol. The van der Waals surface area contributed by atoms with E-state index < -0.39 is 11.8 Å². The van der Waals surface area contributed by atoms with Crippen molar-refractivity contribution in [2.75, 3.05) is 16.8 Å². The van der Waals surface area contributed by atoms with E-state index in [9.17, 15) is 9.59 Å². The van der Waals surface area contributed by atoms with Gasteiger partial charge in [-0.2, -0.15) is 0 Å². The van der Waals surface area contributed by atoms with E-state index in [1.54, 1.807) is 24.3 Å². The quantitative estimate of drug-likeness (QED) is 0.342. The zero-order valence-corrected chi connectivity index (χ0v) is 20.5. The van der Waals surface area contributed by atoms with Crippen molar-refractivity contribution in [3.8, 4) is 0 Å². The summed E-state index contributed by atoms with van der Waals surface area (Å²) in [6, 6.07) is 10.9. The molecule has 2 aromatic rings. The average molecular weight is 488 g/mol. The highest BCUT2D eigenvalue weighted by atomic mass is 35.5. The molecule has 166 valence electrons. The Hall–Kier alpha value is -2.41. The molecule has 2 amide bonds. The molecule has 2 aromatic carbocycles. The van der Waals surface area contributed by atoms with Crippen LogP contribution in [0.25, 0.3) is 6.08 Å². The Morgan fingerprint density at radius 3 is 2.59 bits per heavy atom. The summed E-state index contributed by atoms with van der Waals surface area (Å²) in [7, 11) is 2.09. The molecule has 0 saturated carbocycles. The number of carbonyl (C=O) groups excluding carboxylic acids is 2. The zero-order chi connectivity index (χ0) is 23.4. The summed E-state index contributed by atoms with van der Waals surface area (Å²) in [5, 5.41) is 3.02. The maximum atomic E-state index is 13.3. The van der Waals surface area contributed by atoms with Crippen LogP contribution in [0, 0.1) is 0 Å². The van der Waals surface area contributed by atoms with E-state index in [4.69, 9.17) is 35.4 Å². The molecule has 2 aliphatic rings. The third kappa shape index (κ3) is 3.81. The SMILES string of the molecule is C[C@@H]1CC(C)(C)N(C)c2ccc(/C=C3\C(=O)NC(=S)N(c4cccc(Cl)c4Cl)C3=O)cc21. The van der Waals surface area contributed by atoms with Crippen LogP contribution in [0.15, 0.2) is 42.0 Å². The molecule has 1 N–H and O–H groups in total. The molecular weight excluding hydrogens is 465 g/mol. The van der Waals surface area contributed by atoms with E-state index in [1.807, 2.05) is 18.2 Å². The second-order valence-electron chi connectivity index (χ2n) is 8.83. The minimum absolute atomic E-state index is 0.0215. The Labute approximate surface area is 203 Å². The number of nitrogens with zero attached hydrogens (tertiary/aromatic N) is 2. The standard InChI is InChI=1S/C24H23Cl2N3O2S/c1-13-12-24(2,3)28(4)18-9-8-14(10-15(13)18)11-16-21(30)27-23(32)29(22(16)31)19-7-5-6-17(25)20(19)26/h5-11,13H,12H2,1-4H3,(H,27,30,32)/b16-11+/t13-/m1/s1. The Morgan fingerprint density at radius 1 is 1.16 bits per heavy atom. The zero-order valence-electron chi connectivity index (χ0n) is 18.2. The maximum absolute atomic E-state index is 13.3. The van der Waals surface area contributed by atoms with Crippen molar-refractivity contribution in [2.24, 2.45) is 0 Å². The fourth-order valence-electron chi connectivity index (χ4n) is 4.39. The molecule has 1 fully saturated rings. The molecule has 1 saturated heterocycles. The average Bonchev–Trinajstić information content (AvgIpc) is 2.72. The first-order valence-corrected chi connectivity index (χ1v) is 11.4. The number of nitrogens with one attached hydrogen (secondary N) is 1. The predicted octanol–water partition coefficient (Wildman–Crippen LogP) is 5.55. The number of anilines is 2. The Balaban J connectivity index is 1.75. The minimum Gasteiger partial charge on any atom is -0.369 e. The van der Waals surface area contributed by atoms with Crippen LogP contribution in [0.5, 0.6) is 0 Å². The van der Waals surface area contributed by atoms with E-state index in [1.165, 1.54) is 10.5 Å². The highest BCUT2D eigenvalue weighted by molar-refractivity contribution is 7.80. The molecule has 0 radical (unpaired) electrons. The summed E-state index contributed by atoms with van der Waals surface area (Å²) in [5.74, 6) is -0.745. The molecular formula is C24H23Cl2N3O2S. The molecule has 0 bridgehead atoms. The fourth-order valence-corrected chi connectivity index (χ4v) is 5.05. The lowest BCUT2D eigenvalue weighted by Gasteiger charge is -2.45. The van der Waals surface area contributed by atoms with Crippen molar-refractivity contribution in [1.82, 2.24) is 5.32 Å². The molecule has 1 atom stereocenters. The topological polar surface area (TPSA) is 52.7 Å². The third-order valence-corrected chi connectivity index (χ3v) is 7.34. The van der Waals surface area contributed by atoms with E-state index in [0.29, 0.717) is 11.6 Å². The summed E-state index contributed by atoms with van der Waals surface area (Å²) < 4.78 is 0. The van der Waals surface area contributed by atoms with Crippen molar-refractivity contribution in [3.63, 3.8) is 0 Å². The largest absolute Gasteiger partial charge is 0.369 e. The Kier molecular flexibility index (Phi) is 5.82. The number of amides is 2. The van der Waals surface area contributed by atoms with E-state index in [0.717, 1.165) is 17.7 Å². The number of hydrogen-bond donors (Lipinski definition) is 1. The lowest BCUT2D eigenvalue weighted by Crippen LogP contribution is -2.54. The van der Waals surface area contributed by atoms with Crippen molar-refractivity contribution in [2.45, 2.75) is 38.6 Å². The van der Waals surface area contributed by atoms with Crippen molar-refractivity contribution >= 4 is 69.8 Å². The van der Waals surface area contributed by atoms with Gasteiger partial charge in [0.1, 0.15) is 5.57 Å². The second-order valence-corrected chi connectivity index (χ2v) is 10.00. The van der Waals surface area contributed by atoms with Crippen molar-refractivity contribution in [3.05, 3.63) is 63.1 Å². The molecule has 2 aliphatic heterocycles. The number of thiocarbonyl (C=S) groups is 1. The molecule has 0 aromatic heterocycles. The van der Waals surface area contributed by atoms with Crippen LogP contribution in [0.4, 0.5) is 11.4 Å². The van der Waals surface area contributed by atoms with Gasteiger partial charge < -0.3 is 4.90 Å². The highest BCUT2D eigenvalue weighted by Crippen LogP contribution is 2.43. The third-order valence-electron chi connectivity index (χ3n) is 6.24.